The molecule has 0 saturated carbocycles. The van der Waals surface area contributed by atoms with Gasteiger partial charge in [-0.25, -0.2) is 4.79 Å². The largest absolute Gasteiger partial charge is 0.490 e. The molecule has 1 aliphatic heterocycles. The molecule has 1 heterocycles. The minimum atomic E-state index is -5.08. The third-order valence-electron chi connectivity index (χ3n) is 4.81. The topological polar surface area (TPSA) is 81.9 Å². The molecule has 0 spiro atoms. The van der Waals surface area contributed by atoms with Gasteiger partial charge in [-0.3, -0.25) is 4.99 Å². The van der Waals surface area contributed by atoms with Crippen molar-refractivity contribution in [3.05, 3.63) is 108 Å². The Morgan fingerprint density at radius 2 is 1.28 bits per heavy atom. The van der Waals surface area contributed by atoms with Gasteiger partial charge in [-0.1, -0.05) is 91.0 Å². The Labute approximate surface area is 182 Å². The molecule has 0 aliphatic carbocycles. The Bertz CT molecular complexity index is 1040. The van der Waals surface area contributed by atoms with Gasteiger partial charge in [-0.05, 0) is 16.7 Å². The lowest BCUT2D eigenvalue weighted by molar-refractivity contribution is -0.192. The minimum Gasteiger partial charge on any atom is -0.475 e. The van der Waals surface area contributed by atoms with E-state index < -0.39 is 18.2 Å². The zero-order valence-electron chi connectivity index (χ0n) is 16.8. The number of aliphatic hydroxyl groups is 1. The van der Waals surface area contributed by atoms with Crippen LogP contribution >= 0.6 is 0 Å². The van der Waals surface area contributed by atoms with Gasteiger partial charge in [0.15, 0.2) is 0 Å². The summed E-state index contributed by atoms with van der Waals surface area (Å²) in [5, 5.41) is 21.3. The number of amidine groups is 1. The van der Waals surface area contributed by atoms with Crippen molar-refractivity contribution in [3.8, 4) is 0 Å². The molecule has 3 unspecified atom stereocenters. The Morgan fingerprint density at radius 1 is 0.844 bits per heavy atom. The van der Waals surface area contributed by atoms with E-state index >= 15 is 0 Å². The number of hydrogen-bond donors (Lipinski definition) is 3. The number of rotatable bonds is 4. The molecule has 166 valence electrons. The molecule has 3 aromatic carbocycles. The lowest BCUT2D eigenvalue weighted by atomic mass is 9.95. The zero-order valence-corrected chi connectivity index (χ0v) is 16.8. The van der Waals surface area contributed by atoms with Crippen LogP contribution in [0.25, 0.3) is 0 Å². The normalized spacial score (nSPS) is 18.6. The first kappa shape index (κ1) is 23.0. The van der Waals surface area contributed by atoms with Gasteiger partial charge in [0.2, 0.25) is 0 Å². The van der Waals surface area contributed by atoms with E-state index in [4.69, 9.17) is 14.9 Å². The second kappa shape index (κ2) is 10.1. The molecule has 3 atom stereocenters. The van der Waals surface area contributed by atoms with Crippen LogP contribution < -0.4 is 5.32 Å². The number of carbonyl (C=O) groups is 1. The van der Waals surface area contributed by atoms with E-state index in [0.717, 1.165) is 16.7 Å². The molecule has 3 aromatic rings. The molecular formula is C24H21F3N2O3. The van der Waals surface area contributed by atoms with Crippen LogP contribution in [0.5, 0.6) is 0 Å². The standard InChI is InChI=1S/C22H20N2O.C2HF3O2/c25-21(18-14-8-3-9-15-18)22-23-19(16-10-4-1-5-11-16)20(24-22)17-12-6-2-7-13-17;3-2(4,5)1(6)7/h1-15,19-21,25H,(H,23,24);(H,6,7). The van der Waals surface area contributed by atoms with Crippen molar-refractivity contribution >= 4 is 11.8 Å². The van der Waals surface area contributed by atoms with Crippen LogP contribution in [0, 0.1) is 0 Å². The van der Waals surface area contributed by atoms with E-state index in [0.29, 0.717) is 5.84 Å². The van der Waals surface area contributed by atoms with E-state index in [-0.39, 0.29) is 12.1 Å². The summed E-state index contributed by atoms with van der Waals surface area (Å²) in [5.41, 5.74) is 3.14. The molecule has 0 radical (unpaired) electrons. The number of alkyl halides is 3. The number of carboxylic acid groups (broad SMARTS) is 1. The van der Waals surface area contributed by atoms with Gasteiger partial charge in [0.25, 0.3) is 0 Å². The molecule has 5 nitrogen and oxygen atoms in total. The highest BCUT2D eigenvalue weighted by molar-refractivity contribution is 5.89. The Balaban J connectivity index is 0.000000360. The van der Waals surface area contributed by atoms with Crippen LogP contribution in [0.4, 0.5) is 13.2 Å². The van der Waals surface area contributed by atoms with E-state index in [1.54, 1.807) is 0 Å². The lowest BCUT2D eigenvalue weighted by Crippen LogP contribution is -2.28. The van der Waals surface area contributed by atoms with E-state index in [9.17, 15) is 18.3 Å². The average molecular weight is 442 g/mol. The zero-order chi connectivity index (χ0) is 23.1. The van der Waals surface area contributed by atoms with Crippen molar-refractivity contribution in [2.24, 2.45) is 4.99 Å². The van der Waals surface area contributed by atoms with Crippen LogP contribution in [0.2, 0.25) is 0 Å². The summed E-state index contributed by atoms with van der Waals surface area (Å²) >= 11 is 0. The number of benzene rings is 3. The summed E-state index contributed by atoms with van der Waals surface area (Å²) in [7, 11) is 0. The van der Waals surface area contributed by atoms with Gasteiger partial charge in [0.05, 0.1) is 6.04 Å². The molecule has 3 N–H and O–H groups in total. The van der Waals surface area contributed by atoms with Crippen molar-refractivity contribution in [2.75, 3.05) is 0 Å². The third-order valence-corrected chi connectivity index (χ3v) is 4.81. The number of hydrogen-bond acceptors (Lipinski definition) is 4. The highest BCUT2D eigenvalue weighted by Gasteiger charge is 2.38. The smallest absolute Gasteiger partial charge is 0.475 e. The maximum atomic E-state index is 10.8. The first-order valence-corrected chi connectivity index (χ1v) is 9.74. The van der Waals surface area contributed by atoms with Gasteiger partial charge in [0, 0.05) is 0 Å². The summed E-state index contributed by atoms with van der Waals surface area (Å²) < 4.78 is 31.7. The van der Waals surface area contributed by atoms with Crippen LogP contribution in [-0.2, 0) is 4.79 Å². The van der Waals surface area contributed by atoms with Crippen LogP contribution in [0.3, 0.4) is 0 Å². The first-order valence-electron chi connectivity index (χ1n) is 9.74. The molecule has 32 heavy (non-hydrogen) atoms. The SMILES string of the molecule is O=C(O)C(F)(F)F.OC(C1=NC(c2ccccc2)C(c2ccccc2)N1)c1ccccc1. The van der Waals surface area contributed by atoms with E-state index in [2.05, 4.69) is 29.6 Å². The van der Waals surface area contributed by atoms with Gasteiger partial charge in [-0.2, -0.15) is 13.2 Å². The van der Waals surface area contributed by atoms with Gasteiger partial charge in [-0.15, -0.1) is 0 Å². The third kappa shape index (κ3) is 5.73. The Morgan fingerprint density at radius 3 is 1.75 bits per heavy atom. The molecule has 8 heteroatoms. The fourth-order valence-corrected chi connectivity index (χ4v) is 3.29. The lowest BCUT2D eigenvalue weighted by Gasteiger charge is -2.20. The molecular weight excluding hydrogens is 421 g/mol. The maximum absolute atomic E-state index is 10.8. The second-order valence-electron chi connectivity index (χ2n) is 7.02. The van der Waals surface area contributed by atoms with Crippen molar-refractivity contribution in [1.82, 2.24) is 5.32 Å². The fourth-order valence-electron chi connectivity index (χ4n) is 3.29. The molecule has 0 saturated heterocycles. The van der Waals surface area contributed by atoms with Crippen molar-refractivity contribution in [1.29, 1.82) is 0 Å². The summed E-state index contributed by atoms with van der Waals surface area (Å²) in [6, 6.07) is 30.1. The van der Waals surface area contributed by atoms with Crippen LogP contribution in [0.15, 0.2) is 96.0 Å². The predicted octanol–water partition coefficient (Wildman–Crippen LogP) is 4.84. The predicted molar refractivity (Wildman–Crippen MR) is 114 cm³/mol. The molecule has 0 amide bonds. The fraction of sp³-hybridized carbons (Fsp3) is 0.167. The van der Waals surface area contributed by atoms with Gasteiger partial charge in [0.1, 0.15) is 18.0 Å². The maximum Gasteiger partial charge on any atom is 0.490 e. The number of aliphatic carboxylic acids is 1. The monoisotopic (exact) mass is 442 g/mol. The quantitative estimate of drug-likeness (QED) is 0.540. The van der Waals surface area contributed by atoms with Crippen LogP contribution in [-0.4, -0.2) is 28.2 Å². The number of carboxylic acids is 1. The number of halogens is 3. The number of nitrogens with one attached hydrogen (secondary N) is 1. The second-order valence-corrected chi connectivity index (χ2v) is 7.02. The minimum absolute atomic E-state index is 0.0111. The Hall–Kier alpha value is -3.65. The van der Waals surface area contributed by atoms with Crippen molar-refractivity contribution < 1.29 is 28.2 Å². The summed E-state index contributed by atoms with van der Waals surface area (Å²) in [4.78, 5) is 13.7. The molecule has 0 aromatic heterocycles. The molecule has 0 bridgehead atoms. The average Bonchev–Trinajstić information content (AvgIpc) is 3.26. The van der Waals surface area contributed by atoms with Gasteiger partial charge >= 0.3 is 12.1 Å². The summed E-state index contributed by atoms with van der Waals surface area (Å²) in [6.45, 7) is 0. The van der Waals surface area contributed by atoms with E-state index in [1.165, 1.54) is 0 Å². The number of aliphatic imine (C=N–C) groups is 1. The summed E-state index contributed by atoms with van der Waals surface area (Å²) in [5.74, 6) is -2.14. The molecule has 0 fully saturated rings. The van der Waals surface area contributed by atoms with Crippen molar-refractivity contribution in [3.63, 3.8) is 0 Å². The van der Waals surface area contributed by atoms with Crippen molar-refractivity contribution in [2.45, 2.75) is 24.4 Å². The molecule has 1 aliphatic rings. The highest BCUT2D eigenvalue weighted by Crippen LogP contribution is 2.37. The summed E-state index contributed by atoms with van der Waals surface area (Å²) in [6.07, 6.45) is -5.83. The van der Waals surface area contributed by atoms with Crippen LogP contribution in [0.1, 0.15) is 34.9 Å². The molecule has 4 rings (SSSR count). The number of nitrogens with zero attached hydrogens (tertiary/aromatic N) is 1. The Kier molecular flexibility index (Phi) is 7.27. The highest BCUT2D eigenvalue weighted by atomic mass is 19.4. The van der Waals surface area contributed by atoms with E-state index in [1.807, 2.05) is 66.7 Å². The number of aliphatic hydroxyl groups excluding tert-OH is 1. The van der Waals surface area contributed by atoms with Gasteiger partial charge < -0.3 is 15.5 Å². The first-order chi connectivity index (χ1) is 15.3.